The van der Waals surface area contributed by atoms with Crippen molar-refractivity contribution in [3.8, 4) is 0 Å². The number of fused-ring (bicyclic) bond motifs is 1. The molecular weight excluding hydrogens is 404 g/mol. The molecule has 1 atom stereocenters. The summed E-state index contributed by atoms with van der Waals surface area (Å²) in [5.74, 6) is -1.25. The number of carbonyl (C=O) groups is 2. The molecule has 1 unspecified atom stereocenters. The van der Waals surface area contributed by atoms with Crippen molar-refractivity contribution in [3.05, 3.63) is 59.2 Å². The highest BCUT2D eigenvalue weighted by Gasteiger charge is 2.26. The Morgan fingerprint density at radius 3 is 2.62 bits per heavy atom. The van der Waals surface area contributed by atoms with Crippen LogP contribution in [0.4, 0.5) is 11.4 Å². The number of nitrogens with one attached hydrogen (secondary N) is 2. The van der Waals surface area contributed by atoms with Gasteiger partial charge in [0.25, 0.3) is 0 Å². The molecule has 170 valence electrons. The number of ether oxygens (including phenoxy) is 1. The number of aryl methyl sites for hydroxylation is 1. The molecule has 2 aromatic carbocycles. The maximum absolute atomic E-state index is 12.6. The molecular formula is C25H32N4O3. The molecule has 4 rings (SSSR count). The number of amides is 2. The van der Waals surface area contributed by atoms with Gasteiger partial charge in [-0.15, -0.1) is 0 Å². The molecule has 2 aliphatic rings. The van der Waals surface area contributed by atoms with Gasteiger partial charge in [0.1, 0.15) is 0 Å². The topological polar surface area (TPSA) is 73.9 Å². The van der Waals surface area contributed by atoms with Gasteiger partial charge in [-0.3, -0.25) is 14.5 Å². The molecule has 0 bridgehead atoms. The third-order valence-electron chi connectivity index (χ3n) is 6.41. The van der Waals surface area contributed by atoms with E-state index in [0.29, 0.717) is 25.4 Å². The molecule has 0 saturated carbocycles. The molecule has 2 aromatic rings. The summed E-state index contributed by atoms with van der Waals surface area (Å²) in [6.45, 7) is 6.36. The molecule has 2 heterocycles. The lowest BCUT2D eigenvalue weighted by atomic mass is 10.0. The van der Waals surface area contributed by atoms with Crippen molar-refractivity contribution in [2.45, 2.75) is 25.8 Å². The lowest BCUT2D eigenvalue weighted by Crippen LogP contribution is -2.45. The lowest BCUT2D eigenvalue weighted by molar-refractivity contribution is -0.136. The van der Waals surface area contributed by atoms with Crippen LogP contribution in [0.2, 0.25) is 0 Å². The summed E-state index contributed by atoms with van der Waals surface area (Å²) in [5, 5.41) is 5.62. The summed E-state index contributed by atoms with van der Waals surface area (Å²) in [4.78, 5) is 29.8. The number of likely N-dealkylation sites (N-methyl/N-ethyl adjacent to an activating group) is 1. The SMILES string of the molecule is CCc1ccccc1NC(=O)C(=O)NCC(c1ccc2c(c1)CCN2C)N1CCOCC1. The summed E-state index contributed by atoms with van der Waals surface area (Å²) in [6.07, 6.45) is 1.81. The van der Waals surface area contributed by atoms with Crippen LogP contribution < -0.4 is 15.5 Å². The van der Waals surface area contributed by atoms with E-state index in [0.717, 1.165) is 43.6 Å². The van der Waals surface area contributed by atoms with Gasteiger partial charge < -0.3 is 20.3 Å². The van der Waals surface area contributed by atoms with Crippen molar-refractivity contribution in [3.63, 3.8) is 0 Å². The summed E-state index contributed by atoms with van der Waals surface area (Å²) in [6, 6.07) is 14.1. The van der Waals surface area contributed by atoms with Gasteiger partial charge in [0, 0.05) is 44.6 Å². The van der Waals surface area contributed by atoms with E-state index < -0.39 is 11.8 Å². The van der Waals surface area contributed by atoms with Gasteiger partial charge in [-0.2, -0.15) is 0 Å². The van der Waals surface area contributed by atoms with Gasteiger partial charge in [-0.1, -0.05) is 37.3 Å². The minimum atomic E-state index is -0.637. The van der Waals surface area contributed by atoms with Gasteiger partial charge in [0.2, 0.25) is 0 Å². The number of hydrogen-bond acceptors (Lipinski definition) is 5. The first kappa shape index (κ1) is 22.3. The van der Waals surface area contributed by atoms with E-state index in [2.05, 4.69) is 45.7 Å². The normalized spacial score (nSPS) is 17.0. The Hall–Kier alpha value is -2.90. The summed E-state index contributed by atoms with van der Waals surface area (Å²) < 4.78 is 5.53. The highest BCUT2D eigenvalue weighted by molar-refractivity contribution is 6.39. The minimum Gasteiger partial charge on any atom is -0.379 e. The molecule has 0 radical (unpaired) electrons. The van der Waals surface area contributed by atoms with E-state index >= 15 is 0 Å². The Labute approximate surface area is 189 Å². The van der Waals surface area contributed by atoms with Crippen molar-refractivity contribution in [2.75, 3.05) is 56.7 Å². The van der Waals surface area contributed by atoms with Crippen molar-refractivity contribution in [2.24, 2.45) is 0 Å². The number of carbonyl (C=O) groups excluding carboxylic acids is 2. The van der Waals surface area contributed by atoms with Crippen LogP contribution in [0, 0.1) is 0 Å². The molecule has 0 aliphatic carbocycles. The molecule has 0 spiro atoms. The van der Waals surface area contributed by atoms with Crippen LogP contribution in [0.3, 0.4) is 0 Å². The molecule has 0 aromatic heterocycles. The maximum Gasteiger partial charge on any atom is 0.313 e. The van der Waals surface area contributed by atoms with Crippen LogP contribution >= 0.6 is 0 Å². The van der Waals surface area contributed by atoms with Crippen LogP contribution in [-0.4, -0.2) is 63.2 Å². The average molecular weight is 437 g/mol. The number of nitrogens with zero attached hydrogens (tertiary/aromatic N) is 2. The number of benzene rings is 2. The van der Waals surface area contributed by atoms with Crippen LogP contribution in [0.1, 0.15) is 29.7 Å². The summed E-state index contributed by atoms with van der Waals surface area (Å²) >= 11 is 0. The number of para-hydroxylation sites is 1. The van der Waals surface area contributed by atoms with Gasteiger partial charge >= 0.3 is 11.8 Å². The molecule has 7 nitrogen and oxygen atoms in total. The zero-order chi connectivity index (χ0) is 22.5. The van der Waals surface area contributed by atoms with Crippen LogP contribution in [0.15, 0.2) is 42.5 Å². The molecule has 1 fully saturated rings. The third-order valence-corrected chi connectivity index (χ3v) is 6.41. The summed E-state index contributed by atoms with van der Waals surface area (Å²) in [7, 11) is 2.11. The fourth-order valence-electron chi connectivity index (χ4n) is 4.54. The number of morpholine rings is 1. The third kappa shape index (κ3) is 4.95. The predicted molar refractivity (Wildman–Crippen MR) is 126 cm³/mol. The average Bonchev–Trinajstić information content (AvgIpc) is 3.20. The fraction of sp³-hybridized carbons (Fsp3) is 0.440. The largest absolute Gasteiger partial charge is 0.379 e. The smallest absolute Gasteiger partial charge is 0.313 e. The Morgan fingerprint density at radius 1 is 1.06 bits per heavy atom. The van der Waals surface area contributed by atoms with Gasteiger partial charge in [-0.05, 0) is 41.7 Å². The molecule has 7 heteroatoms. The van der Waals surface area contributed by atoms with E-state index in [4.69, 9.17) is 4.74 Å². The van der Waals surface area contributed by atoms with E-state index in [-0.39, 0.29) is 6.04 Å². The Morgan fingerprint density at radius 2 is 1.84 bits per heavy atom. The van der Waals surface area contributed by atoms with Crippen molar-refractivity contribution < 1.29 is 14.3 Å². The highest BCUT2D eigenvalue weighted by Crippen LogP contribution is 2.31. The van der Waals surface area contributed by atoms with Gasteiger partial charge in [0.05, 0.1) is 19.3 Å². The maximum atomic E-state index is 12.6. The molecule has 2 aliphatic heterocycles. The summed E-state index contributed by atoms with van der Waals surface area (Å²) in [5.41, 5.74) is 5.46. The van der Waals surface area contributed by atoms with Crippen molar-refractivity contribution in [1.82, 2.24) is 10.2 Å². The second kappa shape index (κ2) is 10.1. The molecule has 2 amide bonds. The van der Waals surface area contributed by atoms with Crippen molar-refractivity contribution in [1.29, 1.82) is 0 Å². The Kier molecular flexibility index (Phi) is 7.07. The van der Waals surface area contributed by atoms with E-state index in [9.17, 15) is 9.59 Å². The second-order valence-corrected chi connectivity index (χ2v) is 8.40. The monoisotopic (exact) mass is 436 g/mol. The quantitative estimate of drug-likeness (QED) is 0.680. The first-order valence-electron chi connectivity index (χ1n) is 11.4. The second-order valence-electron chi connectivity index (χ2n) is 8.40. The zero-order valence-corrected chi connectivity index (χ0v) is 18.9. The van der Waals surface area contributed by atoms with Gasteiger partial charge in [-0.25, -0.2) is 0 Å². The molecule has 1 saturated heterocycles. The Balaban J connectivity index is 1.45. The lowest BCUT2D eigenvalue weighted by Gasteiger charge is -2.35. The molecule has 2 N–H and O–H groups in total. The standard InChI is InChI=1S/C25H32N4O3/c1-3-18-6-4-5-7-21(18)27-25(31)24(30)26-17-23(29-12-14-32-15-13-29)19-8-9-22-20(16-19)10-11-28(22)2/h4-9,16,23H,3,10-15,17H2,1-2H3,(H,26,30)(H,27,31). The number of hydrogen-bond donors (Lipinski definition) is 2. The van der Waals surface area contributed by atoms with Crippen LogP contribution in [0.25, 0.3) is 0 Å². The molecule has 32 heavy (non-hydrogen) atoms. The minimum absolute atomic E-state index is 0.00483. The first-order valence-corrected chi connectivity index (χ1v) is 11.4. The van der Waals surface area contributed by atoms with E-state index in [1.807, 2.05) is 31.2 Å². The number of anilines is 2. The van der Waals surface area contributed by atoms with Crippen molar-refractivity contribution >= 4 is 23.2 Å². The fourth-order valence-corrected chi connectivity index (χ4v) is 4.54. The van der Waals surface area contributed by atoms with E-state index in [1.54, 1.807) is 0 Å². The van der Waals surface area contributed by atoms with Crippen LogP contribution in [-0.2, 0) is 27.2 Å². The zero-order valence-electron chi connectivity index (χ0n) is 18.9. The highest BCUT2D eigenvalue weighted by atomic mass is 16.5. The number of rotatable bonds is 6. The van der Waals surface area contributed by atoms with E-state index in [1.165, 1.54) is 11.3 Å². The van der Waals surface area contributed by atoms with Crippen LogP contribution in [0.5, 0.6) is 0 Å². The Bertz CT molecular complexity index is 971. The predicted octanol–water partition coefficient (Wildman–Crippen LogP) is 2.37. The van der Waals surface area contributed by atoms with Gasteiger partial charge in [0.15, 0.2) is 0 Å². The first-order chi connectivity index (χ1) is 15.6.